The summed E-state index contributed by atoms with van der Waals surface area (Å²) < 4.78 is 18.5. The van der Waals surface area contributed by atoms with Crippen LogP contribution in [-0.4, -0.2) is 97.1 Å². The second-order valence-corrected chi connectivity index (χ2v) is 9.01. The zero-order chi connectivity index (χ0) is 25.7. The second kappa shape index (κ2) is 11.6. The fourth-order valence-electron chi connectivity index (χ4n) is 4.67. The molecule has 0 bridgehead atoms. The van der Waals surface area contributed by atoms with Crippen molar-refractivity contribution in [2.45, 2.75) is 19.4 Å². The molecule has 3 heterocycles. The van der Waals surface area contributed by atoms with Crippen LogP contribution in [0, 0.1) is 0 Å². The molecule has 2 aliphatic heterocycles. The minimum Gasteiger partial charge on any atom is -0.497 e. The summed E-state index contributed by atoms with van der Waals surface area (Å²) in [4.78, 5) is 29.9. The first kappa shape index (κ1) is 25.7. The number of rotatable bonds is 9. The molecule has 0 aliphatic carbocycles. The first-order chi connectivity index (χ1) is 17.4. The number of aryl methyl sites for hydroxylation is 1. The Hall–Kier alpha value is -3.37. The molecule has 1 aromatic heterocycles. The van der Waals surface area contributed by atoms with Gasteiger partial charge >= 0.3 is 0 Å². The lowest BCUT2D eigenvalue weighted by molar-refractivity contribution is -0.140. The third-order valence-electron chi connectivity index (χ3n) is 6.76. The van der Waals surface area contributed by atoms with Crippen molar-refractivity contribution in [1.29, 1.82) is 0 Å². The van der Waals surface area contributed by atoms with E-state index >= 15 is 0 Å². The van der Waals surface area contributed by atoms with Gasteiger partial charge in [-0.25, -0.2) is 5.01 Å². The topological polar surface area (TPSA) is 88.8 Å². The van der Waals surface area contributed by atoms with E-state index in [9.17, 15) is 9.59 Å². The highest BCUT2D eigenvalue weighted by atomic mass is 16.5. The normalized spacial score (nSPS) is 18.2. The molecule has 36 heavy (non-hydrogen) atoms. The van der Waals surface area contributed by atoms with Crippen LogP contribution >= 0.6 is 0 Å². The Bertz CT molecular complexity index is 1110. The molecule has 1 saturated heterocycles. The molecule has 2 amide bonds. The van der Waals surface area contributed by atoms with Crippen LogP contribution in [0.5, 0.6) is 11.5 Å². The SMILES string of the molecule is COc1ccc(OC)c(C2CC(c3cccn3C)=NN2C(=O)CN(CCN2CCOCC2)C(C)=O)c1. The number of aromatic nitrogens is 1. The maximum absolute atomic E-state index is 13.7. The summed E-state index contributed by atoms with van der Waals surface area (Å²) in [7, 11) is 5.16. The Morgan fingerprint density at radius 1 is 1.17 bits per heavy atom. The van der Waals surface area contributed by atoms with Crippen LogP contribution in [0.4, 0.5) is 0 Å². The number of methoxy groups -OCH3 is 2. The molecule has 10 heteroatoms. The third kappa shape index (κ3) is 5.71. The van der Waals surface area contributed by atoms with Gasteiger partial charge in [-0.3, -0.25) is 14.5 Å². The molecule has 2 aliphatic rings. The molecule has 0 saturated carbocycles. The molecule has 10 nitrogen and oxygen atoms in total. The Morgan fingerprint density at radius 3 is 2.58 bits per heavy atom. The number of hydrazone groups is 1. The van der Waals surface area contributed by atoms with E-state index in [4.69, 9.17) is 19.3 Å². The van der Waals surface area contributed by atoms with E-state index in [2.05, 4.69) is 4.90 Å². The zero-order valence-electron chi connectivity index (χ0n) is 21.5. The lowest BCUT2D eigenvalue weighted by Crippen LogP contribution is -2.46. The van der Waals surface area contributed by atoms with Crippen LogP contribution in [0.2, 0.25) is 0 Å². The standard InChI is InChI=1S/C26H35N5O5/c1-19(32)30(11-10-29-12-14-36-15-13-29)18-26(33)31-24(17-22(27-31)23-6-5-9-28(23)2)21-16-20(34-3)7-8-25(21)35-4/h5-9,16,24H,10-15,17-18H2,1-4H3. The summed E-state index contributed by atoms with van der Waals surface area (Å²) in [5, 5.41) is 6.26. The third-order valence-corrected chi connectivity index (χ3v) is 6.76. The Labute approximate surface area is 212 Å². The van der Waals surface area contributed by atoms with Gasteiger partial charge in [0.05, 0.1) is 44.9 Å². The van der Waals surface area contributed by atoms with E-state index in [0.29, 0.717) is 44.2 Å². The van der Waals surface area contributed by atoms with Gasteiger partial charge in [0.25, 0.3) is 5.91 Å². The maximum atomic E-state index is 13.7. The number of amides is 2. The lowest BCUT2D eigenvalue weighted by Gasteiger charge is -2.30. The number of carbonyl (C=O) groups excluding carboxylic acids is 2. The summed E-state index contributed by atoms with van der Waals surface area (Å²) in [6.07, 6.45) is 2.47. The zero-order valence-corrected chi connectivity index (χ0v) is 21.5. The van der Waals surface area contributed by atoms with Crippen LogP contribution in [0.15, 0.2) is 41.6 Å². The Kier molecular flexibility index (Phi) is 8.27. The molecule has 2 aromatic rings. The Balaban J connectivity index is 1.59. The van der Waals surface area contributed by atoms with E-state index in [1.54, 1.807) is 19.1 Å². The molecular formula is C26H35N5O5. The van der Waals surface area contributed by atoms with E-state index in [0.717, 1.165) is 30.1 Å². The van der Waals surface area contributed by atoms with Gasteiger partial charge in [0.2, 0.25) is 5.91 Å². The number of ether oxygens (including phenoxy) is 3. The van der Waals surface area contributed by atoms with Gasteiger partial charge in [-0.2, -0.15) is 5.10 Å². The summed E-state index contributed by atoms with van der Waals surface area (Å²) in [5.74, 6) is 0.934. The number of hydrogen-bond donors (Lipinski definition) is 0. The predicted molar refractivity (Wildman–Crippen MR) is 135 cm³/mol. The molecule has 0 N–H and O–H groups in total. The van der Waals surface area contributed by atoms with Gasteiger partial charge in [0.1, 0.15) is 18.0 Å². The number of carbonyl (C=O) groups is 2. The van der Waals surface area contributed by atoms with Gasteiger partial charge in [0, 0.05) is 58.3 Å². The van der Waals surface area contributed by atoms with E-state index in [1.807, 2.05) is 48.1 Å². The molecule has 1 aromatic carbocycles. The molecule has 194 valence electrons. The van der Waals surface area contributed by atoms with Crippen molar-refractivity contribution in [3.8, 4) is 11.5 Å². The smallest absolute Gasteiger partial charge is 0.262 e. The minimum atomic E-state index is -0.388. The van der Waals surface area contributed by atoms with Crippen LogP contribution in [0.1, 0.15) is 30.6 Å². The minimum absolute atomic E-state index is 0.0492. The number of morpholine rings is 1. The second-order valence-electron chi connectivity index (χ2n) is 9.01. The number of benzene rings is 1. The van der Waals surface area contributed by atoms with Crippen molar-refractivity contribution >= 4 is 17.5 Å². The van der Waals surface area contributed by atoms with Crippen molar-refractivity contribution in [3.05, 3.63) is 47.8 Å². The highest BCUT2D eigenvalue weighted by Crippen LogP contribution is 2.39. The first-order valence-corrected chi connectivity index (χ1v) is 12.2. The summed E-state index contributed by atoms with van der Waals surface area (Å²) >= 11 is 0. The van der Waals surface area contributed by atoms with Crippen molar-refractivity contribution in [2.75, 3.05) is 60.2 Å². The molecule has 1 fully saturated rings. The summed E-state index contributed by atoms with van der Waals surface area (Å²) in [5.41, 5.74) is 2.54. The lowest BCUT2D eigenvalue weighted by atomic mass is 9.99. The molecule has 1 atom stereocenters. The van der Waals surface area contributed by atoms with Gasteiger partial charge in [-0.1, -0.05) is 0 Å². The Morgan fingerprint density at radius 2 is 1.94 bits per heavy atom. The van der Waals surface area contributed by atoms with E-state index < -0.39 is 0 Å². The quantitative estimate of drug-likeness (QED) is 0.526. The largest absolute Gasteiger partial charge is 0.497 e. The fourth-order valence-corrected chi connectivity index (χ4v) is 4.67. The van der Waals surface area contributed by atoms with Gasteiger partial charge < -0.3 is 23.7 Å². The van der Waals surface area contributed by atoms with Crippen LogP contribution in [0.25, 0.3) is 0 Å². The molecule has 4 rings (SSSR count). The van der Waals surface area contributed by atoms with Gasteiger partial charge in [0.15, 0.2) is 0 Å². The molecule has 0 spiro atoms. The van der Waals surface area contributed by atoms with E-state index in [-0.39, 0.29) is 24.4 Å². The van der Waals surface area contributed by atoms with Crippen molar-refractivity contribution in [3.63, 3.8) is 0 Å². The average Bonchev–Trinajstić information content (AvgIpc) is 3.52. The number of hydrogen-bond acceptors (Lipinski definition) is 7. The maximum Gasteiger partial charge on any atom is 0.262 e. The van der Waals surface area contributed by atoms with Crippen molar-refractivity contribution < 1.29 is 23.8 Å². The highest BCUT2D eigenvalue weighted by Gasteiger charge is 2.36. The van der Waals surface area contributed by atoms with Crippen LogP contribution < -0.4 is 9.47 Å². The molecular weight excluding hydrogens is 462 g/mol. The first-order valence-electron chi connectivity index (χ1n) is 12.2. The molecule has 1 unspecified atom stereocenters. The number of nitrogens with zero attached hydrogens (tertiary/aromatic N) is 5. The van der Waals surface area contributed by atoms with Crippen LogP contribution in [0.3, 0.4) is 0 Å². The van der Waals surface area contributed by atoms with Gasteiger partial charge in [-0.15, -0.1) is 0 Å². The van der Waals surface area contributed by atoms with Crippen LogP contribution in [-0.2, 0) is 21.4 Å². The van der Waals surface area contributed by atoms with E-state index in [1.165, 1.54) is 11.9 Å². The average molecular weight is 498 g/mol. The summed E-state index contributed by atoms with van der Waals surface area (Å²) in [6, 6.07) is 9.09. The van der Waals surface area contributed by atoms with Crippen molar-refractivity contribution in [2.24, 2.45) is 12.1 Å². The van der Waals surface area contributed by atoms with Gasteiger partial charge in [-0.05, 0) is 30.3 Å². The summed E-state index contributed by atoms with van der Waals surface area (Å²) in [6.45, 7) is 5.64. The predicted octanol–water partition coefficient (Wildman–Crippen LogP) is 1.90. The van der Waals surface area contributed by atoms with Crippen molar-refractivity contribution in [1.82, 2.24) is 19.4 Å². The fraction of sp³-hybridized carbons (Fsp3) is 0.500. The monoisotopic (exact) mass is 497 g/mol. The molecule has 0 radical (unpaired) electrons. The highest BCUT2D eigenvalue weighted by molar-refractivity contribution is 6.02.